The van der Waals surface area contributed by atoms with Gasteiger partial charge in [-0.1, -0.05) is 29.0 Å². The van der Waals surface area contributed by atoms with Gasteiger partial charge in [-0.05, 0) is 42.8 Å². The fourth-order valence-corrected chi connectivity index (χ4v) is 4.74. The summed E-state index contributed by atoms with van der Waals surface area (Å²) in [6.07, 6.45) is -0.253. The van der Waals surface area contributed by atoms with E-state index >= 15 is 0 Å². The molecule has 0 aliphatic carbocycles. The molecule has 0 saturated heterocycles. The summed E-state index contributed by atoms with van der Waals surface area (Å²) in [6, 6.07) is 8.11. The highest BCUT2D eigenvalue weighted by atomic mass is 35.5. The second-order valence-corrected chi connectivity index (χ2v) is 9.27. The van der Waals surface area contributed by atoms with Crippen LogP contribution in [0.3, 0.4) is 0 Å². The number of aromatic nitrogens is 1. The maximum atomic E-state index is 12.9. The number of thiazole rings is 1. The molecule has 6 nitrogen and oxygen atoms in total. The standard InChI is InChI=1S/C17H15ClFN3O3S2/c1-10-2-7-13(18)16-15(10)20-17(26-16)22-21-14(23)8-9-27(24,25)12-5-3-11(19)4-6-12/h2-7H,8-9H2,1H3,(H,20,22)(H,21,23). The van der Waals surface area contributed by atoms with Crippen molar-refractivity contribution in [1.29, 1.82) is 0 Å². The quantitative estimate of drug-likeness (QED) is 0.462. The largest absolute Gasteiger partial charge is 0.273 e. The third-order valence-corrected chi connectivity index (χ3v) is 6.94. The minimum absolute atomic E-state index is 0.0269. The van der Waals surface area contributed by atoms with E-state index in [0.717, 1.165) is 27.9 Å². The van der Waals surface area contributed by atoms with Gasteiger partial charge in [-0.3, -0.25) is 15.6 Å². The summed E-state index contributed by atoms with van der Waals surface area (Å²) in [7, 11) is -3.67. The summed E-state index contributed by atoms with van der Waals surface area (Å²) >= 11 is 7.42. The Hall–Kier alpha value is -2.23. The topological polar surface area (TPSA) is 88.2 Å². The number of carbonyl (C=O) groups is 1. The average Bonchev–Trinajstić information content (AvgIpc) is 3.07. The first-order valence-corrected chi connectivity index (χ1v) is 10.7. The summed E-state index contributed by atoms with van der Waals surface area (Å²) in [5, 5.41) is 1.01. The number of nitrogens with zero attached hydrogens (tertiary/aromatic N) is 1. The van der Waals surface area contributed by atoms with E-state index in [-0.39, 0.29) is 11.3 Å². The fourth-order valence-electron chi connectivity index (χ4n) is 2.33. The normalized spacial score (nSPS) is 11.5. The molecule has 0 aliphatic rings. The highest BCUT2D eigenvalue weighted by Crippen LogP contribution is 2.33. The lowest BCUT2D eigenvalue weighted by Crippen LogP contribution is -2.30. The molecule has 0 aliphatic heterocycles. The highest BCUT2D eigenvalue weighted by molar-refractivity contribution is 7.91. The van der Waals surface area contributed by atoms with E-state index in [1.54, 1.807) is 6.07 Å². The van der Waals surface area contributed by atoms with Crippen LogP contribution >= 0.6 is 22.9 Å². The Morgan fingerprint density at radius 3 is 2.59 bits per heavy atom. The molecule has 0 bridgehead atoms. The van der Waals surface area contributed by atoms with Crippen molar-refractivity contribution in [3.05, 3.63) is 52.8 Å². The Morgan fingerprint density at radius 1 is 1.22 bits per heavy atom. The number of hydrogen-bond donors (Lipinski definition) is 2. The van der Waals surface area contributed by atoms with Crippen molar-refractivity contribution >= 4 is 54.0 Å². The average molecular weight is 428 g/mol. The Kier molecular flexibility index (Phi) is 5.64. The summed E-state index contributed by atoms with van der Waals surface area (Å²) in [5.41, 5.74) is 6.79. The van der Waals surface area contributed by atoms with E-state index in [1.165, 1.54) is 23.5 Å². The van der Waals surface area contributed by atoms with E-state index in [0.29, 0.717) is 10.2 Å². The molecular formula is C17H15ClFN3O3S2. The van der Waals surface area contributed by atoms with Crippen LogP contribution in [-0.2, 0) is 14.6 Å². The van der Waals surface area contributed by atoms with Gasteiger partial charge in [0.2, 0.25) is 11.0 Å². The lowest BCUT2D eigenvalue weighted by atomic mass is 10.2. The van der Waals surface area contributed by atoms with Crippen LogP contribution < -0.4 is 10.9 Å². The summed E-state index contributed by atoms with van der Waals surface area (Å²) in [5.74, 6) is -1.43. The van der Waals surface area contributed by atoms with Crippen LogP contribution in [-0.4, -0.2) is 25.1 Å². The molecule has 3 aromatic rings. The Bertz CT molecular complexity index is 1060. The van der Waals surface area contributed by atoms with Crippen LogP contribution in [0.4, 0.5) is 9.52 Å². The van der Waals surface area contributed by atoms with E-state index in [9.17, 15) is 17.6 Å². The number of carbonyl (C=O) groups excluding carboxylic acids is 1. The molecule has 0 atom stereocenters. The molecule has 0 spiro atoms. The third-order valence-electron chi connectivity index (χ3n) is 3.78. The number of nitrogens with one attached hydrogen (secondary N) is 2. The monoisotopic (exact) mass is 427 g/mol. The first-order valence-electron chi connectivity index (χ1n) is 7.85. The van der Waals surface area contributed by atoms with E-state index in [2.05, 4.69) is 15.8 Å². The van der Waals surface area contributed by atoms with Crippen molar-refractivity contribution in [2.75, 3.05) is 11.2 Å². The van der Waals surface area contributed by atoms with Crippen molar-refractivity contribution in [3.8, 4) is 0 Å². The molecule has 3 rings (SSSR count). The van der Waals surface area contributed by atoms with Crippen molar-refractivity contribution in [3.63, 3.8) is 0 Å². The second kappa shape index (κ2) is 7.79. The number of hydrazine groups is 1. The summed E-state index contributed by atoms with van der Waals surface area (Å²) in [4.78, 5) is 16.3. The zero-order valence-corrected chi connectivity index (χ0v) is 16.5. The molecule has 2 N–H and O–H groups in total. The number of benzene rings is 2. The van der Waals surface area contributed by atoms with Crippen molar-refractivity contribution in [2.45, 2.75) is 18.2 Å². The van der Waals surface area contributed by atoms with E-state index in [4.69, 9.17) is 11.6 Å². The van der Waals surface area contributed by atoms with Gasteiger partial charge in [0.05, 0.1) is 25.9 Å². The highest BCUT2D eigenvalue weighted by Gasteiger charge is 2.17. The van der Waals surface area contributed by atoms with E-state index in [1.807, 2.05) is 13.0 Å². The van der Waals surface area contributed by atoms with Crippen LogP contribution in [0.1, 0.15) is 12.0 Å². The molecule has 0 unspecified atom stereocenters. The molecule has 0 radical (unpaired) electrons. The number of amides is 1. The predicted octanol–water partition coefficient (Wildman–Crippen LogP) is 3.70. The minimum atomic E-state index is -3.67. The lowest BCUT2D eigenvalue weighted by molar-refractivity contribution is -0.120. The molecular weight excluding hydrogens is 413 g/mol. The molecule has 1 amide bonds. The molecule has 27 heavy (non-hydrogen) atoms. The number of sulfone groups is 1. The van der Waals surface area contributed by atoms with Gasteiger partial charge in [-0.15, -0.1) is 0 Å². The molecule has 142 valence electrons. The van der Waals surface area contributed by atoms with Crippen LogP contribution in [0.15, 0.2) is 41.3 Å². The maximum Gasteiger partial charge on any atom is 0.239 e. The molecule has 0 saturated carbocycles. The molecule has 1 heterocycles. The SMILES string of the molecule is Cc1ccc(Cl)c2sc(NNC(=O)CCS(=O)(=O)c3ccc(F)cc3)nc12. The van der Waals surface area contributed by atoms with Gasteiger partial charge in [0.15, 0.2) is 9.84 Å². The second-order valence-electron chi connectivity index (χ2n) is 5.76. The van der Waals surface area contributed by atoms with Gasteiger partial charge in [0, 0.05) is 6.42 Å². The first kappa shape index (κ1) is 19.5. The number of hydrogen-bond acceptors (Lipinski definition) is 6. The number of aryl methyl sites for hydroxylation is 1. The number of anilines is 1. The molecule has 2 aromatic carbocycles. The maximum absolute atomic E-state index is 12.9. The first-order chi connectivity index (χ1) is 12.8. The van der Waals surface area contributed by atoms with E-state index < -0.39 is 27.3 Å². The number of halogens is 2. The smallest absolute Gasteiger partial charge is 0.239 e. The third kappa shape index (κ3) is 4.55. The Labute approximate surface area is 164 Å². The minimum Gasteiger partial charge on any atom is -0.273 e. The number of fused-ring (bicyclic) bond motifs is 1. The van der Waals surface area contributed by atoms with Gasteiger partial charge in [0.1, 0.15) is 5.82 Å². The lowest BCUT2D eigenvalue weighted by Gasteiger charge is -2.06. The van der Waals surface area contributed by atoms with Gasteiger partial charge < -0.3 is 0 Å². The molecule has 1 aromatic heterocycles. The van der Waals surface area contributed by atoms with Crippen LogP contribution in [0.5, 0.6) is 0 Å². The van der Waals surface area contributed by atoms with Crippen LogP contribution in [0, 0.1) is 12.7 Å². The van der Waals surface area contributed by atoms with Gasteiger partial charge in [-0.2, -0.15) is 0 Å². The van der Waals surface area contributed by atoms with Gasteiger partial charge >= 0.3 is 0 Å². The van der Waals surface area contributed by atoms with Crippen LogP contribution in [0.2, 0.25) is 5.02 Å². The summed E-state index contributed by atoms with van der Waals surface area (Å²) in [6.45, 7) is 1.90. The van der Waals surface area contributed by atoms with Crippen molar-refractivity contribution in [2.24, 2.45) is 0 Å². The van der Waals surface area contributed by atoms with Crippen molar-refractivity contribution < 1.29 is 17.6 Å². The summed E-state index contributed by atoms with van der Waals surface area (Å²) < 4.78 is 38.0. The van der Waals surface area contributed by atoms with Crippen molar-refractivity contribution in [1.82, 2.24) is 10.4 Å². The number of rotatable bonds is 6. The van der Waals surface area contributed by atoms with Crippen LogP contribution in [0.25, 0.3) is 10.2 Å². The molecule has 10 heteroatoms. The zero-order chi connectivity index (χ0) is 19.6. The Balaban J connectivity index is 1.59. The fraction of sp³-hybridized carbons (Fsp3) is 0.176. The van der Waals surface area contributed by atoms with Gasteiger partial charge in [0.25, 0.3) is 0 Å². The molecule has 0 fully saturated rings. The predicted molar refractivity (Wildman–Crippen MR) is 104 cm³/mol. The Morgan fingerprint density at radius 2 is 1.93 bits per heavy atom. The zero-order valence-electron chi connectivity index (χ0n) is 14.1. The van der Waals surface area contributed by atoms with Gasteiger partial charge in [-0.25, -0.2) is 17.8 Å².